The van der Waals surface area contributed by atoms with Crippen LogP contribution in [0.1, 0.15) is 31.9 Å². The Morgan fingerprint density at radius 2 is 2.12 bits per heavy atom. The Bertz CT molecular complexity index is 818. The van der Waals surface area contributed by atoms with Crippen LogP contribution in [-0.4, -0.2) is 51.8 Å². The second kappa shape index (κ2) is 7.61. The highest BCUT2D eigenvalue weighted by Crippen LogP contribution is 2.23. The zero-order valence-electron chi connectivity index (χ0n) is 14.8. The van der Waals surface area contributed by atoms with Crippen molar-refractivity contribution in [3.8, 4) is 11.3 Å². The molecule has 25 heavy (non-hydrogen) atoms. The van der Waals surface area contributed by atoms with Gasteiger partial charge in [-0.3, -0.25) is 9.67 Å². The SMILES string of the molecule is CCCn1cc(-c2cncc(C[C@H]3CCCN(S(C)(=O)=O)C3)n2)cn1. The lowest BCUT2D eigenvalue weighted by Gasteiger charge is -2.30. The molecular weight excluding hydrogens is 338 g/mol. The molecule has 0 unspecified atom stereocenters. The van der Waals surface area contributed by atoms with Crippen LogP contribution in [-0.2, 0) is 23.0 Å². The average Bonchev–Trinajstić information content (AvgIpc) is 3.04. The molecule has 3 heterocycles. The summed E-state index contributed by atoms with van der Waals surface area (Å²) in [5, 5.41) is 4.34. The monoisotopic (exact) mass is 363 g/mol. The zero-order chi connectivity index (χ0) is 17.9. The Morgan fingerprint density at radius 1 is 1.28 bits per heavy atom. The van der Waals surface area contributed by atoms with Crippen LogP contribution in [0.4, 0.5) is 0 Å². The van der Waals surface area contributed by atoms with Gasteiger partial charge in [0.05, 0.1) is 30.0 Å². The number of piperidine rings is 1. The first-order chi connectivity index (χ1) is 12.0. The van der Waals surface area contributed by atoms with Gasteiger partial charge >= 0.3 is 0 Å². The second-order valence-corrected chi connectivity index (χ2v) is 8.70. The van der Waals surface area contributed by atoms with Crippen LogP contribution in [0.25, 0.3) is 11.3 Å². The largest absolute Gasteiger partial charge is 0.272 e. The summed E-state index contributed by atoms with van der Waals surface area (Å²) < 4.78 is 27.0. The molecule has 2 aromatic heterocycles. The molecule has 1 aliphatic rings. The summed E-state index contributed by atoms with van der Waals surface area (Å²) in [6.45, 7) is 4.19. The van der Waals surface area contributed by atoms with E-state index >= 15 is 0 Å². The van der Waals surface area contributed by atoms with Crippen LogP contribution in [0, 0.1) is 5.92 Å². The minimum Gasteiger partial charge on any atom is -0.272 e. The lowest BCUT2D eigenvalue weighted by Crippen LogP contribution is -2.39. The molecule has 1 atom stereocenters. The van der Waals surface area contributed by atoms with Gasteiger partial charge in [0, 0.05) is 37.6 Å². The molecule has 1 aliphatic heterocycles. The van der Waals surface area contributed by atoms with Crippen LogP contribution in [0.5, 0.6) is 0 Å². The maximum atomic E-state index is 11.8. The van der Waals surface area contributed by atoms with Crippen molar-refractivity contribution < 1.29 is 8.42 Å². The van der Waals surface area contributed by atoms with E-state index in [1.807, 2.05) is 17.1 Å². The molecule has 1 fully saturated rings. The van der Waals surface area contributed by atoms with E-state index in [0.29, 0.717) is 13.1 Å². The van der Waals surface area contributed by atoms with E-state index in [4.69, 9.17) is 4.98 Å². The third-order valence-corrected chi connectivity index (χ3v) is 5.78. The molecule has 0 bridgehead atoms. The summed E-state index contributed by atoms with van der Waals surface area (Å²) in [6.07, 6.45) is 12.3. The van der Waals surface area contributed by atoms with Crippen molar-refractivity contribution in [1.29, 1.82) is 0 Å². The zero-order valence-corrected chi connectivity index (χ0v) is 15.6. The number of aromatic nitrogens is 4. The molecule has 0 spiro atoms. The summed E-state index contributed by atoms with van der Waals surface area (Å²) in [5.41, 5.74) is 2.68. The van der Waals surface area contributed by atoms with Crippen molar-refractivity contribution in [3.05, 3.63) is 30.5 Å². The van der Waals surface area contributed by atoms with Crippen LogP contribution < -0.4 is 0 Å². The predicted molar refractivity (Wildman–Crippen MR) is 96.4 cm³/mol. The van der Waals surface area contributed by atoms with E-state index in [2.05, 4.69) is 17.0 Å². The van der Waals surface area contributed by atoms with Crippen molar-refractivity contribution in [3.63, 3.8) is 0 Å². The number of aryl methyl sites for hydroxylation is 1. The highest BCUT2D eigenvalue weighted by Gasteiger charge is 2.26. The Labute approximate surface area is 149 Å². The maximum Gasteiger partial charge on any atom is 0.211 e. The quantitative estimate of drug-likeness (QED) is 0.784. The van der Waals surface area contributed by atoms with E-state index in [1.54, 1.807) is 16.7 Å². The topological polar surface area (TPSA) is 81.0 Å². The third-order valence-electron chi connectivity index (χ3n) is 4.51. The number of nitrogens with zero attached hydrogens (tertiary/aromatic N) is 5. The lowest BCUT2D eigenvalue weighted by molar-refractivity contribution is 0.265. The maximum absolute atomic E-state index is 11.8. The number of hydrogen-bond donors (Lipinski definition) is 0. The van der Waals surface area contributed by atoms with Crippen molar-refractivity contribution in [2.75, 3.05) is 19.3 Å². The van der Waals surface area contributed by atoms with Gasteiger partial charge in [-0.1, -0.05) is 6.92 Å². The van der Waals surface area contributed by atoms with Gasteiger partial charge in [0.2, 0.25) is 10.0 Å². The highest BCUT2D eigenvalue weighted by molar-refractivity contribution is 7.88. The summed E-state index contributed by atoms with van der Waals surface area (Å²) in [7, 11) is -3.12. The van der Waals surface area contributed by atoms with E-state index < -0.39 is 10.0 Å². The Balaban J connectivity index is 1.71. The van der Waals surface area contributed by atoms with E-state index in [1.165, 1.54) is 6.26 Å². The number of rotatable bonds is 6. The number of sulfonamides is 1. The molecular formula is C17H25N5O2S. The molecule has 3 rings (SSSR count). The Kier molecular flexibility index (Phi) is 5.48. The number of hydrogen-bond acceptors (Lipinski definition) is 5. The molecule has 136 valence electrons. The van der Waals surface area contributed by atoms with Crippen LogP contribution in [0.2, 0.25) is 0 Å². The summed E-state index contributed by atoms with van der Waals surface area (Å²) in [4.78, 5) is 9.03. The van der Waals surface area contributed by atoms with Gasteiger partial charge < -0.3 is 0 Å². The van der Waals surface area contributed by atoms with Crippen molar-refractivity contribution in [2.24, 2.45) is 5.92 Å². The first-order valence-electron chi connectivity index (χ1n) is 8.74. The minimum absolute atomic E-state index is 0.288. The van der Waals surface area contributed by atoms with Gasteiger partial charge in [-0.05, 0) is 31.6 Å². The van der Waals surface area contributed by atoms with Gasteiger partial charge in [-0.15, -0.1) is 0 Å². The first kappa shape index (κ1) is 18.0. The van der Waals surface area contributed by atoms with Gasteiger partial charge in [0.25, 0.3) is 0 Å². The van der Waals surface area contributed by atoms with E-state index in [0.717, 1.165) is 49.2 Å². The molecule has 0 saturated carbocycles. The van der Waals surface area contributed by atoms with Crippen molar-refractivity contribution in [1.82, 2.24) is 24.1 Å². The molecule has 2 aromatic rings. The lowest BCUT2D eigenvalue weighted by atomic mass is 9.95. The molecule has 1 saturated heterocycles. The standard InChI is InChI=1S/C17H25N5O2S/c1-3-6-21-13-15(9-19-21)17-11-18-10-16(20-17)8-14-5-4-7-22(12-14)25(2,23)24/h9-11,13-14H,3-8,12H2,1-2H3/t14-/m1/s1. The van der Waals surface area contributed by atoms with Crippen molar-refractivity contribution >= 4 is 10.0 Å². The fourth-order valence-corrected chi connectivity index (χ4v) is 4.22. The molecule has 0 radical (unpaired) electrons. The van der Waals surface area contributed by atoms with Crippen LogP contribution in [0.15, 0.2) is 24.8 Å². The predicted octanol–water partition coefficient (Wildman–Crippen LogP) is 1.96. The van der Waals surface area contributed by atoms with E-state index in [9.17, 15) is 8.42 Å². The van der Waals surface area contributed by atoms with Crippen LogP contribution in [0.3, 0.4) is 0 Å². The van der Waals surface area contributed by atoms with Gasteiger partial charge in [0.1, 0.15) is 0 Å². The first-order valence-corrected chi connectivity index (χ1v) is 10.6. The van der Waals surface area contributed by atoms with E-state index in [-0.39, 0.29) is 5.92 Å². The fraction of sp³-hybridized carbons (Fsp3) is 0.588. The second-order valence-electron chi connectivity index (χ2n) is 6.72. The van der Waals surface area contributed by atoms with Crippen molar-refractivity contribution in [2.45, 2.75) is 39.2 Å². The highest BCUT2D eigenvalue weighted by atomic mass is 32.2. The Morgan fingerprint density at radius 3 is 2.88 bits per heavy atom. The van der Waals surface area contributed by atoms with Gasteiger partial charge in [0.15, 0.2) is 0 Å². The summed E-state index contributed by atoms with van der Waals surface area (Å²) in [6, 6.07) is 0. The van der Waals surface area contributed by atoms with Crippen LogP contribution >= 0.6 is 0 Å². The Hall–Kier alpha value is -1.80. The smallest absolute Gasteiger partial charge is 0.211 e. The molecule has 0 N–H and O–H groups in total. The van der Waals surface area contributed by atoms with Gasteiger partial charge in [-0.2, -0.15) is 5.10 Å². The fourth-order valence-electron chi connectivity index (χ4n) is 3.28. The molecule has 0 aromatic carbocycles. The summed E-state index contributed by atoms with van der Waals surface area (Å²) >= 11 is 0. The third kappa shape index (κ3) is 4.64. The average molecular weight is 363 g/mol. The molecule has 0 amide bonds. The van der Waals surface area contributed by atoms with Gasteiger partial charge in [-0.25, -0.2) is 17.7 Å². The molecule has 0 aliphatic carbocycles. The summed E-state index contributed by atoms with van der Waals surface area (Å²) in [5.74, 6) is 0.288. The molecule has 8 heteroatoms. The minimum atomic E-state index is -3.12. The molecule has 7 nitrogen and oxygen atoms in total. The normalized spacial score (nSPS) is 19.2.